The molecule has 150 valence electrons. The second-order valence-corrected chi connectivity index (χ2v) is 6.26. The van der Waals surface area contributed by atoms with Crippen molar-refractivity contribution in [3.05, 3.63) is 68.3 Å². The Bertz CT molecular complexity index is 1100. The van der Waals surface area contributed by atoms with Crippen LogP contribution < -0.4 is 5.32 Å². The number of nitro groups is 1. The highest BCUT2D eigenvalue weighted by Crippen LogP contribution is 2.34. The number of halogens is 5. The van der Waals surface area contributed by atoms with Crippen LogP contribution in [0.4, 0.5) is 28.9 Å². The van der Waals surface area contributed by atoms with Crippen molar-refractivity contribution in [3.8, 4) is 5.82 Å². The van der Waals surface area contributed by atoms with Gasteiger partial charge in [-0.1, -0.05) is 0 Å². The number of amides is 1. The molecule has 0 spiro atoms. The Labute approximate surface area is 166 Å². The molecule has 1 N–H and O–H groups in total. The van der Waals surface area contributed by atoms with Crippen LogP contribution in [0.15, 0.2) is 41.3 Å². The number of carbonyl (C=O) groups excluding carboxylic acids is 1. The van der Waals surface area contributed by atoms with Crippen LogP contribution in [-0.4, -0.2) is 30.8 Å². The molecule has 2 heterocycles. The number of hydrogen-bond acceptors (Lipinski definition) is 6. The Hall–Kier alpha value is -3.42. The second kappa shape index (κ2) is 7.54. The predicted octanol–water partition coefficient (Wildman–Crippen LogP) is 3.74. The summed E-state index contributed by atoms with van der Waals surface area (Å²) in [7, 11) is 0. The number of carbonyl (C=O) groups is 1. The van der Waals surface area contributed by atoms with Crippen molar-refractivity contribution in [1.82, 2.24) is 20.0 Å². The SMILES string of the molecule is O=C(Nc1cnc(-n2nccn2)c(C(F)(F)F)c1)c1cc(F)c(Br)cc1[N+](=O)[O-]. The summed E-state index contributed by atoms with van der Waals surface area (Å²) in [4.78, 5) is 26.8. The van der Waals surface area contributed by atoms with Crippen LogP contribution in [0.2, 0.25) is 0 Å². The molecule has 0 fully saturated rings. The van der Waals surface area contributed by atoms with Crippen LogP contribution in [0.1, 0.15) is 15.9 Å². The van der Waals surface area contributed by atoms with Crippen molar-refractivity contribution in [2.75, 3.05) is 5.32 Å². The van der Waals surface area contributed by atoms with Gasteiger partial charge in [0.05, 0.1) is 33.7 Å². The first kappa shape index (κ1) is 20.3. The molecule has 14 heteroatoms. The van der Waals surface area contributed by atoms with Gasteiger partial charge in [0.1, 0.15) is 16.9 Å². The molecule has 0 aliphatic carbocycles. The van der Waals surface area contributed by atoms with E-state index in [4.69, 9.17) is 0 Å². The lowest BCUT2D eigenvalue weighted by molar-refractivity contribution is -0.385. The van der Waals surface area contributed by atoms with Gasteiger partial charge >= 0.3 is 6.18 Å². The highest BCUT2D eigenvalue weighted by Gasteiger charge is 2.36. The molecule has 3 aromatic rings. The summed E-state index contributed by atoms with van der Waals surface area (Å²) in [5, 5.41) is 20.3. The topological polar surface area (TPSA) is 116 Å². The molecule has 0 saturated carbocycles. The Morgan fingerprint density at radius 2 is 1.86 bits per heavy atom. The molecule has 0 unspecified atom stereocenters. The van der Waals surface area contributed by atoms with Gasteiger partial charge in [-0.2, -0.15) is 23.4 Å². The Morgan fingerprint density at radius 3 is 2.45 bits per heavy atom. The first-order valence-corrected chi connectivity index (χ1v) is 8.26. The zero-order valence-electron chi connectivity index (χ0n) is 13.8. The minimum atomic E-state index is -4.87. The molecular formula is C15H7BrF4N6O3. The van der Waals surface area contributed by atoms with Gasteiger partial charge in [-0.3, -0.25) is 14.9 Å². The molecule has 0 saturated heterocycles. The van der Waals surface area contributed by atoms with Gasteiger partial charge in [-0.25, -0.2) is 9.37 Å². The number of alkyl halides is 3. The summed E-state index contributed by atoms with van der Waals surface area (Å²) in [6, 6.07) is 1.93. The standard InChI is InChI=1S/C15H7BrF4N6O3/c16-10-5-12(26(28)29)8(4-11(10)17)14(27)24-7-3-9(15(18,19)20)13(21-6-7)25-22-1-2-23-25/h1-6H,(H,24,27). The van der Waals surface area contributed by atoms with Crippen molar-refractivity contribution in [2.45, 2.75) is 6.18 Å². The number of anilines is 1. The summed E-state index contributed by atoms with van der Waals surface area (Å²) in [6.45, 7) is 0. The van der Waals surface area contributed by atoms with E-state index >= 15 is 0 Å². The van der Waals surface area contributed by atoms with E-state index < -0.39 is 51.1 Å². The molecule has 0 bridgehead atoms. The van der Waals surface area contributed by atoms with E-state index in [1.807, 2.05) is 5.32 Å². The maximum atomic E-state index is 13.7. The number of nitro benzene ring substituents is 1. The summed E-state index contributed by atoms with van der Waals surface area (Å²) >= 11 is 2.76. The second-order valence-electron chi connectivity index (χ2n) is 5.41. The quantitative estimate of drug-likeness (QED) is 0.349. The van der Waals surface area contributed by atoms with Crippen LogP contribution in [0.25, 0.3) is 5.82 Å². The Morgan fingerprint density at radius 1 is 1.21 bits per heavy atom. The zero-order valence-corrected chi connectivity index (χ0v) is 15.4. The molecule has 1 aromatic carbocycles. The average Bonchev–Trinajstić information content (AvgIpc) is 3.17. The van der Waals surface area contributed by atoms with Gasteiger partial charge in [0, 0.05) is 6.07 Å². The molecular weight excluding hydrogens is 468 g/mol. The molecule has 0 aliphatic rings. The molecule has 9 nitrogen and oxygen atoms in total. The average molecular weight is 475 g/mol. The van der Waals surface area contributed by atoms with Crippen LogP contribution in [0.5, 0.6) is 0 Å². The van der Waals surface area contributed by atoms with E-state index in [1.165, 1.54) is 0 Å². The minimum absolute atomic E-state index is 0.252. The van der Waals surface area contributed by atoms with Crippen LogP contribution >= 0.6 is 15.9 Å². The third kappa shape index (κ3) is 4.21. The van der Waals surface area contributed by atoms with E-state index in [9.17, 15) is 32.5 Å². The first-order valence-electron chi connectivity index (χ1n) is 7.46. The Balaban J connectivity index is 2.00. The number of aromatic nitrogens is 4. The monoisotopic (exact) mass is 474 g/mol. The van der Waals surface area contributed by atoms with Gasteiger partial charge in [-0.05, 0) is 28.1 Å². The number of nitrogens with one attached hydrogen (secondary N) is 1. The molecule has 1 amide bonds. The van der Waals surface area contributed by atoms with Gasteiger partial charge in [0.15, 0.2) is 5.82 Å². The third-order valence-corrected chi connectivity index (χ3v) is 4.13. The van der Waals surface area contributed by atoms with E-state index in [0.717, 1.165) is 24.7 Å². The molecule has 2 aromatic heterocycles. The fraction of sp³-hybridized carbons (Fsp3) is 0.0667. The lowest BCUT2D eigenvalue weighted by Gasteiger charge is -2.13. The Kier molecular flexibility index (Phi) is 5.28. The molecule has 3 rings (SSSR count). The number of hydrogen-bond donors (Lipinski definition) is 1. The van der Waals surface area contributed by atoms with Crippen molar-refractivity contribution >= 4 is 33.2 Å². The lowest BCUT2D eigenvalue weighted by atomic mass is 10.1. The largest absolute Gasteiger partial charge is 0.420 e. The number of pyridine rings is 1. The number of nitrogens with zero attached hydrogens (tertiary/aromatic N) is 5. The van der Waals surface area contributed by atoms with Gasteiger partial charge in [-0.15, -0.1) is 4.80 Å². The van der Waals surface area contributed by atoms with E-state index in [-0.39, 0.29) is 4.47 Å². The van der Waals surface area contributed by atoms with Crippen molar-refractivity contribution < 1.29 is 27.3 Å². The molecule has 0 atom stereocenters. The van der Waals surface area contributed by atoms with E-state index in [2.05, 4.69) is 31.1 Å². The molecule has 0 radical (unpaired) electrons. The lowest BCUT2D eigenvalue weighted by Crippen LogP contribution is -2.18. The van der Waals surface area contributed by atoms with Crippen LogP contribution in [0.3, 0.4) is 0 Å². The summed E-state index contributed by atoms with van der Waals surface area (Å²) in [5.41, 5.74) is -3.10. The smallest absolute Gasteiger partial charge is 0.320 e. The van der Waals surface area contributed by atoms with Crippen LogP contribution in [-0.2, 0) is 6.18 Å². The van der Waals surface area contributed by atoms with E-state index in [0.29, 0.717) is 16.9 Å². The van der Waals surface area contributed by atoms with Crippen molar-refractivity contribution in [3.63, 3.8) is 0 Å². The van der Waals surface area contributed by atoms with Gasteiger partial charge in [0.25, 0.3) is 11.6 Å². The van der Waals surface area contributed by atoms with Crippen LogP contribution in [0, 0.1) is 15.9 Å². The predicted molar refractivity (Wildman–Crippen MR) is 92.9 cm³/mol. The number of benzene rings is 1. The summed E-state index contributed by atoms with van der Waals surface area (Å²) in [6.07, 6.45) is -1.68. The summed E-state index contributed by atoms with van der Waals surface area (Å²) < 4.78 is 53.6. The normalized spacial score (nSPS) is 11.3. The van der Waals surface area contributed by atoms with Crippen molar-refractivity contribution in [1.29, 1.82) is 0 Å². The molecule has 29 heavy (non-hydrogen) atoms. The van der Waals surface area contributed by atoms with Gasteiger partial charge in [0.2, 0.25) is 0 Å². The third-order valence-electron chi connectivity index (χ3n) is 3.52. The maximum Gasteiger partial charge on any atom is 0.420 e. The highest BCUT2D eigenvalue weighted by atomic mass is 79.9. The molecule has 0 aliphatic heterocycles. The number of rotatable bonds is 4. The van der Waals surface area contributed by atoms with Gasteiger partial charge < -0.3 is 5.32 Å². The summed E-state index contributed by atoms with van der Waals surface area (Å²) in [5.74, 6) is -2.79. The first-order chi connectivity index (χ1) is 13.6. The zero-order chi connectivity index (χ0) is 21.3. The fourth-order valence-corrected chi connectivity index (χ4v) is 2.62. The highest BCUT2D eigenvalue weighted by molar-refractivity contribution is 9.10. The fourth-order valence-electron chi connectivity index (χ4n) is 2.29. The van der Waals surface area contributed by atoms with Crippen molar-refractivity contribution in [2.24, 2.45) is 0 Å². The van der Waals surface area contributed by atoms with E-state index in [1.54, 1.807) is 0 Å². The minimum Gasteiger partial charge on any atom is -0.320 e. The maximum absolute atomic E-state index is 13.7.